The number of anilines is 2. The fraction of sp³-hybridized carbons (Fsp3) is 0.227. The van der Waals surface area contributed by atoms with E-state index in [0.29, 0.717) is 30.3 Å². The summed E-state index contributed by atoms with van der Waals surface area (Å²) in [6.07, 6.45) is -3.34. The molecular formula is C22H20F3N5O4. The lowest BCUT2D eigenvalue weighted by molar-refractivity contribution is -0.385. The normalized spacial score (nSPS) is 11.1. The molecule has 2 N–H and O–H groups in total. The van der Waals surface area contributed by atoms with Gasteiger partial charge in [0.25, 0.3) is 5.69 Å². The molecule has 0 amide bonds. The maximum atomic E-state index is 12.9. The molecule has 1 aromatic carbocycles. The predicted molar refractivity (Wildman–Crippen MR) is 119 cm³/mol. The number of hydrogen-bond acceptors (Lipinski definition) is 8. The van der Waals surface area contributed by atoms with Crippen LogP contribution < -0.4 is 10.6 Å². The Morgan fingerprint density at radius 3 is 2.24 bits per heavy atom. The number of ether oxygens (including phenoxy) is 1. The molecule has 0 unspecified atom stereocenters. The van der Waals surface area contributed by atoms with E-state index in [9.17, 15) is 28.1 Å². The number of alkyl halides is 3. The van der Waals surface area contributed by atoms with E-state index in [2.05, 4.69) is 20.6 Å². The fourth-order valence-corrected chi connectivity index (χ4v) is 2.95. The van der Waals surface area contributed by atoms with Gasteiger partial charge in [-0.2, -0.15) is 13.2 Å². The summed E-state index contributed by atoms with van der Waals surface area (Å²) in [6.45, 7) is 2.54. The van der Waals surface area contributed by atoms with Crippen LogP contribution in [0.5, 0.6) is 0 Å². The van der Waals surface area contributed by atoms with Crippen molar-refractivity contribution in [2.45, 2.75) is 13.1 Å². The number of hydrogen-bond donors (Lipinski definition) is 2. The number of nitro groups is 1. The summed E-state index contributed by atoms with van der Waals surface area (Å²) in [7, 11) is 0. The van der Waals surface area contributed by atoms with Crippen molar-refractivity contribution in [1.82, 2.24) is 9.97 Å². The van der Waals surface area contributed by atoms with Crippen molar-refractivity contribution < 1.29 is 27.6 Å². The highest BCUT2D eigenvalue weighted by Gasteiger charge is 2.30. The van der Waals surface area contributed by atoms with Gasteiger partial charge in [-0.1, -0.05) is 12.1 Å². The van der Waals surface area contributed by atoms with E-state index in [1.807, 2.05) is 0 Å². The molecule has 0 aliphatic carbocycles. The van der Waals surface area contributed by atoms with Gasteiger partial charge in [-0.15, -0.1) is 0 Å². The Balaban J connectivity index is 1.73. The molecule has 2 heterocycles. The molecular weight excluding hydrogens is 455 g/mol. The van der Waals surface area contributed by atoms with E-state index in [-0.39, 0.29) is 23.6 Å². The molecule has 0 atom stereocenters. The van der Waals surface area contributed by atoms with Crippen LogP contribution in [-0.4, -0.2) is 40.6 Å². The quantitative estimate of drug-likeness (QED) is 0.197. The van der Waals surface area contributed by atoms with Gasteiger partial charge < -0.3 is 15.4 Å². The molecule has 12 heteroatoms. The van der Waals surface area contributed by atoms with Crippen LogP contribution >= 0.6 is 0 Å². The van der Waals surface area contributed by atoms with E-state index in [0.717, 1.165) is 18.3 Å². The number of esters is 1. The number of nitrogens with one attached hydrogen (secondary N) is 2. The first-order valence-corrected chi connectivity index (χ1v) is 10.1. The third-order valence-electron chi connectivity index (χ3n) is 4.57. The van der Waals surface area contributed by atoms with E-state index in [4.69, 9.17) is 4.74 Å². The average Bonchev–Trinajstić information content (AvgIpc) is 2.81. The van der Waals surface area contributed by atoms with Crippen LogP contribution in [0.25, 0.3) is 11.3 Å². The second kappa shape index (κ2) is 10.6. The zero-order valence-electron chi connectivity index (χ0n) is 17.9. The van der Waals surface area contributed by atoms with E-state index in [1.165, 1.54) is 30.3 Å². The molecule has 0 saturated heterocycles. The molecule has 0 spiro atoms. The number of halogens is 3. The molecule has 178 valence electrons. The second-order valence-corrected chi connectivity index (χ2v) is 6.90. The highest BCUT2D eigenvalue weighted by Crippen LogP contribution is 2.32. The summed E-state index contributed by atoms with van der Waals surface area (Å²) in [6, 6.07) is 10.2. The van der Waals surface area contributed by atoms with Gasteiger partial charge in [-0.05, 0) is 37.3 Å². The summed E-state index contributed by atoms with van der Waals surface area (Å²) in [5, 5.41) is 16.7. The highest BCUT2D eigenvalue weighted by molar-refractivity contribution is 5.96. The van der Waals surface area contributed by atoms with Crippen LogP contribution in [0.1, 0.15) is 22.8 Å². The summed E-state index contributed by atoms with van der Waals surface area (Å²) in [5.74, 6) is 0.201. The largest absolute Gasteiger partial charge is 0.462 e. The zero-order valence-corrected chi connectivity index (χ0v) is 17.9. The van der Waals surface area contributed by atoms with E-state index >= 15 is 0 Å². The minimum Gasteiger partial charge on any atom is -0.462 e. The molecule has 0 aliphatic rings. The maximum Gasteiger partial charge on any atom is 0.416 e. The maximum absolute atomic E-state index is 12.9. The number of rotatable bonds is 9. The summed E-state index contributed by atoms with van der Waals surface area (Å²) in [5.41, 5.74) is -0.296. The van der Waals surface area contributed by atoms with Crippen molar-refractivity contribution in [2.75, 3.05) is 30.3 Å². The number of carbonyl (C=O) groups excluding carboxylic acids is 1. The van der Waals surface area contributed by atoms with E-state index < -0.39 is 22.6 Å². The van der Waals surface area contributed by atoms with E-state index in [1.54, 1.807) is 13.0 Å². The van der Waals surface area contributed by atoms with Gasteiger partial charge in [-0.25, -0.2) is 14.8 Å². The van der Waals surface area contributed by atoms with Gasteiger partial charge >= 0.3 is 12.1 Å². The lowest BCUT2D eigenvalue weighted by atomic mass is 10.0. The minimum atomic E-state index is -4.48. The number of benzene rings is 1. The SMILES string of the molecule is CCOC(=O)c1ccc(NCCNc2ccc([N+](=O)[O-])cn2)nc1-c1ccc(C(F)(F)F)cc1. The first-order chi connectivity index (χ1) is 16.2. The number of pyridine rings is 2. The Hall–Kier alpha value is -4.22. The minimum absolute atomic E-state index is 0.120. The van der Waals surface area contributed by atoms with Crippen LogP contribution in [0.15, 0.2) is 54.7 Å². The highest BCUT2D eigenvalue weighted by atomic mass is 19.4. The summed E-state index contributed by atoms with van der Waals surface area (Å²) >= 11 is 0. The van der Waals surface area contributed by atoms with Crippen LogP contribution in [0.2, 0.25) is 0 Å². The van der Waals surface area contributed by atoms with Crippen molar-refractivity contribution in [3.63, 3.8) is 0 Å². The summed E-state index contributed by atoms with van der Waals surface area (Å²) in [4.78, 5) is 30.8. The summed E-state index contributed by atoms with van der Waals surface area (Å²) < 4.78 is 43.8. The van der Waals surface area contributed by atoms with Crippen molar-refractivity contribution in [3.05, 3.63) is 76.0 Å². The molecule has 0 saturated carbocycles. The van der Waals surface area contributed by atoms with Crippen molar-refractivity contribution in [1.29, 1.82) is 0 Å². The molecule has 34 heavy (non-hydrogen) atoms. The number of carbonyl (C=O) groups is 1. The average molecular weight is 475 g/mol. The molecule has 0 bridgehead atoms. The lowest BCUT2D eigenvalue weighted by Gasteiger charge is -2.13. The standard InChI is InChI=1S/C22H20F3N5O4/c1-2-34-21(31)17-8-10-19(27-12-11-26-18-9-7-16(13-28-18)30(32)33)29-20(17)14-3-5-15(6-4-14)22(23,24)25/h3-10,13H,2,11-12H2,1H3,(H,26,28)(H,27,29). The molecule has 0 fully saturated rings. The molecule has 0 aliphatic heterocycles. The van der Waals surface area contributed by atoms with Gasteiger partial charge in [-0.3, -0.25) is 10.1 Å². The Kier molecular flexibility index (Phi) is 7.61. The monoisotopic (exact) mass is 475 g/mol. The van der Waals surface area contributed by atoms with Crippen molar-refractivity contribution >= 4 is 23.3 Å². The molecule has 3 aromatic rings. The molecule has 0 radical (unpaired) electrons. The lowest BCUT2D eigenvalue weighted by Crippen LogP contribution is -2.16. The van der Waals surface area contributed by atoms with Gasteiger partial charge in [0, 0.05) is 24.7 Å². The van der Waals surface area contributed by atoms with Crippen LogP contribution in [0.3, 0.4) is 0 Å². The first-order valence-electron chi connectivity index (χ1n) is 10.1. The fourth-order valence-electron chi connectivity index (χ4n) is 2.95. The Morgan fingerprint density at radius 1 is 1.03 bits per heavy atom. The van der Waals surface area contributed by atoms with Crippen molar-refractivity contribution in [3.8, 4) is 11.3 Å². The van der Waals surface area contributed by atoms with Gasteiger partial charge in [0.15, 0.2) is 0 Å². The van der Waals surface area contributed by atoms with Gasteiger partial charge in [0.05, 0.1) is 28.4 Å². The smallest absolute Gasteiger partial charge is 0.416 e. The zero-order chi connectivity index (χ0) is 24.7. The van der Waals surface area contributed by atoms with Gasteiger partial charge in [0.1, 0.15) is 17.8 Å². The van der Waals surface area contributed by atoms with Crippen molar-refractivity contribution in [2.24, 2.45) is 0 Å². The topological polar surface area (TPSA) is 119 Å². The first kappa shape index (κ1) is 24.4. The number of nitrogens with zero attached hydrogens (tertiary/aromatic N) is 3. The van der Waals surface area contributed by atoms with Crippen LogP contribution in [0.4, 0.5) is 30.5 Å². The molecule has 9 nitrogen and oxygen atoms in total. The second-order valence-electron chi connectivity index (χ2n) is 6.90. The Labute approximate surface area is 192 Å². The van der Waals surface area contributed by atoms with Gasteiger partial charge in [0.2, 0.25) is 0 Å². The van der Waals surface area contributed by atoms with Crippen LogP contribution in [-0.2, 0) is 10.9 Å². The molecule has 2 aromatic heterocycles. The third-order valence-corrected chi connectivity index (χ3v) is 4.57. The Bertz CT molecular complexity index is 1150. The Morgan fingerprint density at radius 2 is 1.68 bits per heavy atom. The molecule has 3 rings (SSSR count). The predicted octanol–water partition coefficient (Wildman–Crippen LogP) is 4.77. The number of aromatic nitrogens is 2. The third kappa shape index (κ3) is 6.18. The van der Waals surface area contributed by atoms with Crippen LogP contribution in [0, 0.1) is 10.1 Å².